The summed E-state index contributed by atoms with van der Waals surface area (Å²) >= 11 is 0. The van der Waals surface area contributed by atoms with Gasteiger partial charge in [-0.05, 0) is 36.9 Å². The van der Waals surface area contributed by atoms with E-state index in [-0.39, 0.29) is 12.5 Å². The molecule has 78 valence electrons. The molecule has 0 aliphatic rings. The van der Waals surface area contributed by atoms with Crippen molar-refractivity contribution in [3.63, 3.8) is 0 Å². The number of pyridine rings is 1. The smallest absolute Gasteiger partial charge is 0.0471 e. The topological polar surface area (TPSA) is 59.1 Å². The van der Waals surface area contributed by atoms with Gasteiger partial charge in [0.05, 0.1) is 0 Å². The van der Waals surface area contributed by atoms with Crippen LogP contribution < -0.4 is 5.73 Å². The molecule has 2 atom stereocenters. The summed E-state index contributed by atoms with van der Waals surface area (Å²) in [4.78, 5) is 4.28. The third kappa shape index (κ3) is 3.09. The molecule has 1 rings (SSSR count). The van der Waals surface area contributed by atoms with E-state index in [0.29, 0.717) is 12.5 Å². The molecular weight excluding hydrogens is 176 g/mol. The second kappa shape index (κ2) is 5.73. The van der Waals surface area contributed by atoms with E-state index < -0.39 is 0 Å². The maximum Gasteiger partial charge on any atom is 0.0471 e. The van der Waals surface area contributed by atoms with Gasteiger partial charge < -0.3 is 10.8 Å². The second-order valence-electron chi connectivity index (χ2n) is 3.68. The number of nitrogens with zero attached hydrogens (tertiary/aromatic N) is 1. The van der Waals surface area contributed by atoms with Crippen molar-refractivity contribution < 1.29 is 5.11 Å². The predicted octanol–water partition coefficient (Wildman–Crippen LogP) is 1.14. The van der Waals surface area contributed by atoms with Crippen LogP contribution in [-0.4, -0.2) is 23.2 Å². The van der Waals surface area contributed by atoms with E-state index in [1.807, 2.05) is 18.2 Å². The van der Waals surface area contributed by atoms with Crippen molar-refractivity contribution in [3.8, 4) is 0 Å². The summed E-state index contributed by atoms with van der Waals surface area (Å²) in [6, 6.07) is 5.90. The minimum Gasteiger partial charge on any atom is -0.396 e. The molecule has 0 aliphatic carbocycles. The van der Waals surface area contributed by atoms with Crippen LogP contribution in [0.1, 0.15) is 25.0 Å². The molecule has 1 aromatic rings. The number of rotatable bonds is 5. The lowest BCUT2D eigenvalue weighted by Gasteiger charge is -2.16. The Labute approximate surface area is 85.0 Å². The second-order valence-corrected chi connectivity index (χ2v) is 3.68. The molecule has 0 saturated heterocycles. The van der Waals surface area contributed by atoms with Crippen LogP contribution in [0.5, 0.6) is 0 Å². The van der Waals surface area contributed by atoms with Crippen molar-refractivity contribution in [2.24, 2.45) is 11.7 Å². The first-order chi connectivity index (χ1) is 6.77. The SMILES string of the molecule is CC(CC(CN)CO)c1ccccn1. The summed E-state index contributed by atoms with van der Waals surface area (Å²) in [6.45, 7) is 2.81. The third-order valence-electron chi connectivity index (χ3n) is 2.47. The molecule has 1 aromatic heterocycles. The van der Waals surface area contributed by atoms with E-state index >= 15 is 0 Å². The van der Waals surface area contributed by atoms with Gasteiger partial charge in [-0.1, -0.05) is 13.0 Å². The molecule has 0 saturated carbocycles. The van der Waals surface area contributed by atoms with E-state index in [1.54, 1.807) is 6.20 Å². The Morgan fingerprint density at radius 1 is 1.50 bits per heavy atom. The summed E-state index contributed by atoms with van der Waals surface area (Å²) in [7, 11) is 0. The molecule has 0 bridgehead atoms. The van der Waals surface area contributed by atoms with Crippen LogP contribution in [0.2, 0.25) is 0 Å². The fourth-order valence-electron chi connectivity index (χ4n) is 1.53. The van der Waals surface area contributed by atoms with Crippen molar-refractivity contribution in [3.05, 3.63) is 30.1 Å². The summed E-state index contributed by atoms with van der Waals surface area (Å²) in [5, 5.41) is 9.02. The van der Waals surface area contributed by atoms with Gasteiger partial charge in [-0.3, -0.25) is 4.98 Å². The zero-order valence-corrected chi connectivity index (χ0v) is 8.56. The lowest BCUT2D eigenvalue weighted by molar-refractivity contribution is 0.216. The normalized spacial score (nSPS) is 15.1. The minimum absolute atomic E-state index is 0.160. The Morgan fingerprint density at radius 2 is 2.29 bits per heavy atom. The molecule has 2 unspecified atom stereocenters. The Bertz CT molecular complexity index is 247. The summed E-state index contributed by atoms with van der Waals surface area (Å²) in [6.07, 6.45) is 2.69. The van der Waals surface area contributed by atoms with Gasteiger partial charge in [0.2, 0.25) is 0 Å². The summed E-state index contributed by atoms with van der Waals surface area (Å²) < 4.78 is 0. The quantitative estimate of drug-likeness (QED) is 0.739. The van der Waals surface area contributed by atoms with Crippen molar-refractivity contribution in [2.45, 2.75) is 19.3 Å². The van der Waals surface area contributed by atoms with Crippen LogP contribution in [0.4, 0.5) is 0 Å². The molecule has 0 fully saturated rings. The van der Waals surface area contributed by atoms with Gasteiger partial charge in [-0.25, -0.2) is 0 Å². The van der Waals surface area contributed by atoms with Crippen LogP contribution in [0.3, 0.4) is 0 Å². The Hall–Kier alpha value is -0.930. The van der Waals surface area contributed by atoms with Gasteiger partial charge >= 0.3 is 0 Å². The van der Waals surface area contributed by atoms with Crippen molar-refractivity contribution in [1.29, 1.82) is 0 Å². The van der Waals surface area contributed by atoms with Gasteiger partial charge in [-0.15, -0.1) is 0 Å². The van der Waals surface area contributed by atoms with Crippen molar-refractivity contribution >= 4 is 0 Å². The number of hydrogen-bond acceptors (Lipinski definition) is 3. The Kier molecular flexibility index (Phi) is 4.56. The lowest BCUT2D eigenvalue weighted by Crippen LogP contribution is -2.20. The molecule has 0 amide bonds. The van der Waals surface area contributed by atoms with Gasteiger partial charge in [0.15, 0.2) is 0 Å². The van der Waals surface area contributed by atoms with Crippen LogP contribution in [0.25, 0.3) is 0 Å². The molecule has 0 aliphatic heterocycles. The molecule has 14 heavy (non-hydrogen) atoms. The fraction of sp³-hybridized carbons (Fsp3) is 0.545. The van der Waals surface area contributed by atoms with Crippen LogP contribution in [0.15, 0.2) is 24.4 Å². The average molecular weight is 194 g/mol. The summed E-state index contributed by atoms with van der Waals surface area (Å²) in [5.74, 6) is 0.545. The number of aliphatic hydroxyl groups excluding tert-OH is 1. The van der Waals surface area contributed by atoms with E-state index in [1.165, 1.54) is 0 Å². The Balaban J connectivity index is 2.54. The highest BCUT2D eigenvalue weighted by atomic mass is 16.3. The summed E-state index contributed by atoms with van der Waals surface area (Å²) in [5.41, 5.74) is 6.60. The molecule has 1 heterocycles. The molecular formula is C11H18N2O. The largest absolute Gasteiger partial charge is 0.396 e. The zero-order valence-electron chi connectivity index (χ0n) is 8.56. The number of aromatic nitrogens is 1. The first-order valence-electron chi connectivity index (χ1n) is 4.99. The van der Waals surface area contributed by atoms with Gasteiger partial charge in [0, 0.05) is 18.5 Å². The van der Waals surface area contributed by atoms with E-state index in [4.69, 9.17) is 10.8 Å². The fourth-order valence-corrected chi connectivity index (χ4v) is 1.53. The van der Waals surface area contributed by atoms with Gasteiger partial charge in [-0.2, -0.15) is 0 Å². The maximum absolute atomic E-state index is 9.02. The van der Waals surface area contributed by atoms with Crippen LogP contribution in [-0.2, 0) is 0 Å². The Morgan fingerprint density at radius 3 is 2.79 bits per heavy atom. The molecule has 3 heteroatoms. The van der Waals surface area contributed by atoms with Crippen molar-refractivity contribution in [2.75, 3.05) is 13.2 Å². The van der Waals surface area contributed by atoms with Crippen LogP contribution in [0, 0.1) is 5.92 Å². The van der Waals surface area contributed by atoms with E-state index in [9.17, 15) is 0 Å². The highest BCUT2D eigenvalue weighted by Gasteiger charge is 2.12. The predicted molar refractivity (Wildman–Crippen MR) is 56.9 cm³/mol. The molecule has 0 radical (unpaired) electrons. The maximum atomic E-state index is 9.02. The van der Waals surface area contributed by atoms with E-state index in [2.05, 4.69) is 11.9 Å². The standard InChI is InChI=1S/C11H18N2O/c1-9(6-10(7-12)8-14)11-4-2-3-5-13-11/h2-5,9-10,14H,6-8,12H2,1H3. The highest BCUT2D eigenvalue weighted by molar-refractivity contribution is 5.08. The van der Waals surface area contributed by atoms with Gasteiger partial charge in [0.25, 0.3) is 0 Å². The molecule has 0 spiro atoms. The third-order valence-corrected chi connectivity index (χ3v) is 2.47. The molecule has 3 nitrogen and oxygen atoms in total. The average Bonchev–Trinajstić information content (AvgIpc) is 2.26. The zero-order chi connectivity index (χ0) is 10.4. The lowest BCUT2D eigenvalue weighted by atomic mass is 9.94. The number of hydrogen-bond donors (Lipinski definition) is 2. The van der Waals surface area contributed by atoms with Crippen molar-refractivity contribution in [1.82, 2.24) is 4.98 Å². The first kappa shape index (κ1) is 11.1. The number of nitrogens with two attached hydrogens (primary N) is 1. The highest BCUT2D eigenvalue weighted by Crippen LogP contribution is 2.20. The molecule has 0 aromatic carbocycles. The van der Waals surface area contributed by atoms with E-state index in [0.717, 1.165) is 12.1 Å². The minimum atomic E-state index is 0.160. The van der Waals surface area contributed by atoms with Gasteiger partial charge in [0.1, 0.15) is 0 Å². The molecule has 3 N–H and O–H groups in total. The number of aliphatic hydroxyl groups is 1. The first-order valence-corrected chi connectivity index (χ1v) is 4.99. The monoisotopic (exact) mass is 194 g/mol. The van der Waals surface area contributed by atoms with Crippen LogP contribution >= 0.6 is 0 Å².